The van der Waals surface area contributed by atoms with E-state index in [1.807, 2.05) is 36.4 Å². The number of aryl methyl sites for hydroxylation is 1. The van der Waals surface area contributed by atoms with Gasteiger partial charge in [-0.3, -0.25) is 0 Å². The van der Waals surface area contributed by atoms with Crippen LogP contribution in [0.2, 0.25) is 0 Å². The highest BCUT2D eigenvalue weighted by molar-refractivity contribution is 9.10. The van der Waals surface area contributed by atoms with E-state index in [9.17, 15) is 0 Å². The second-order valence-corrected chi connectivity index (χ2v) is 4.83. The van der Waals surface area contributed by atoms with E-state index in [0.29, 0.717) is 13.2 Å². The van der Waals surface area contributed by atoms with Gasteiger partial charge in [-0.15, -0.1) is 0 Å². The number of hydrogen-bond acceptors (Lipinski definition) is 3. The third-order valence-electron chi connectivity index (χ3n) is 2.55. The average molecular weight is 310 g/mol. The number of rotatable bonds is 6. The van der Waals surface area contributed by atoms with Crippen LogP contribution in [0.4, 0.5) is 0 Å². The van der Waals surface area contributed by atoms with Gasteiger partial charge in [0.05, 0.1) is 4.47 Å². The minimum atomic E-state index is 0.436. The first-order chi connectivity index (χ1) is 8.79. The summed E-state index contributed by atoms with van der Waals surface area (Å²) in [7, 11) is 0. The summed E-state index contributed by atoms with van der Waals surface area (Å²) in [6.45, 7) is 1.12. The van der Waals surface area contributed by atoms with Crippen LogP contribution in [0.5, 0.6) is 5.75 Å². The highest BCUT2D eigenvalue weighted by Crippen LogP contribution is 2.25. The number of furan rings is 1. The minimum absolute atomic E-state index is 0.436. The van der Waals surface area contributed by atoms with Crippen LogP contribution in [0.25, 0.3) is 0 Å². The van der Waals surface area contributed by atoms with Gasteiger partial charge in [0.25, 0.3) is 0 Å². The van der Waals surface area contributed by atoms with Crippen LogP contribution in [0, 0.1) is 0 Å². The maximum Gasteiger partial charge on any atom is 0.146 e. The summed E-state index contributed by atoms with van der Waals surface area (Å²) in [6, 6.07) is 11.7. The van der Waals surface area contributed by atoms with Crippen LogP contribution < -0.4 is 10.5 Å². The Labute approximate surface area is 115 Å². The van der Waals surface area contributed by atoms with Crippen molar-refractivity contribution in [2.75, 3.05) is 6.54 Å². The number of ether oxygens (including phenoxy) is 1. The molecule has 0 saturated carbocycles. The van der Waals surface area contributed by atoms with Crippen LogP contribution in [0.3, 0.4) is 0 Å². The Hall–Kier alpha value is -1.26. The average Bonchev–Trinajstić information content (AvgIpc) is 2.83. The van der Waals surface area contributed by atoms with Gasteiger partial charge in [-0.2, -0.15) is 0 Å². The van der Waals surface area contributed by atoms with Gasteiger partial charge in [0, 0.05) is 6.42 Å². The van der Waals surface area contributed by atoms with E-state index in [2.05, 4.69) is 15.9 Å². The molecule has 0 bridgehead atoms. The molecular weight excluding hydrogens is 294 g/mol. The van der Waals surface area contributed by atoms with E-state index in [4.69, 9.17) is 14.9 Å². The van der Waals surface area contributed by atoms with Crippen molar-refractivity contribution in [3.63, 3.8) is 0 Å². The highest BCUT2D eigenvalue weighted by atomic mass is 79.9. The maximum absolute atomic E-state index is 5.68. The molecule has 2 rings (SSSR count). The number of halogens is 1. The summed E-state index contributed by atoms with van der Waals surface area (Å²) in [5.74, 6) is 2.61. The summed E-state index contributed by atoms with van der Waals surface area (Å²) in [5, 5.41) is 0. The predicted molar refractivity (Wildman–Crippen MR) is 74.6 cm³/mol. The Morgan fingerprint density at radius 2 is 1.89 bits per heavy atom. The molecule has 0 aliphatic rings. The van der Waals surface area contributed by atoms with Gasteiger partial charge in [0.15, 0.2) is 0 Å². The van der Waals surface area contributed by atoms with Gasteiger partial charge >= 0.3 is 0 Å². The fourth-order valence-corrected chi connectivity index (χ4v) is 2.02. The molecule has 0 aliphatic heterocycles. The Kier molecular flexibility index (Phi) is 4.84. The van der Waals surface area contributed by atoms with Crippen molar-refractivity contribution in [2.24, 2.45) is 5.73 Å². The van der Waals surface area contributed by atoms with Crippen molar-refractivity contribution in [2.45, 2.75) is 19.4 Å². The molecule has 3 nitrogen and oxygen atoms in total. The topological polar surface area (TPSA) is 48.4 Å². The number of hydrogen-bond donors (Lipinski definition) is 1. The Balaban J connectivity index is 1.90. The third kappa shape index (κ3) is 3.62. The van der Waals surface area contributed by atoms with Gasteiger partial charge in [-0.1, -0.05) is 12.1 Å². The molecule has 2 aromatic rings. The van der Waals surface area contributed by atoms with Crippen molar-refractivity contribution in [1.82, 2.24) is 0 Å². The summed E-state index contributed by atoms with van der Waals surface area (Å²) in [5.41, 5.74) is 5.46. The molecule has 1 aromatic carbocycles. The standard InChI is InChI=1S/C14H16BrNO2/c15-13-5-1-2-6-14(13)17-10-12-8-7-11(18-12)4-3-9-16/h1-2,5-8H,3-4,9-10,16H2. The quantitative estimate of drug-likeness (QED) is 0.888. The molecule has 1 heterocycles. The van der Waals surface area contributed by atoms with Gasteiger partial charge in [0.1, 0.15) is 23.9 Å². The van der Waals surface area contributed by atoms with Crippen molar-refractivity contribution in [3.8, 4) is 5.75 Å². The van der Waals surface area contributed by atoms with Gasteiger partial charge < -0.3 is 14.9 Å². The predicted octanol–water partition coefficient (Wildman–Crippen LogP) is 3.51. The van der Waals surface area contributed by atoms with Crippen molar-refractivity contribution in [1.29, 1.82) is 0 Å². The SMILES string of the molecule is NCCCc1ccc(COc2ccccc2Br)o1. The van der Waals surface area contributed by atoms with Gasteiger partial charge in [-0.05, 0) is 53.2 Å². The normalized spacial score (nSPS) is 10.6. The van der Waals surface area contributed by atoms with Crippen LogP contribution in [0.1, 0.15) is 17.9 Å². The molecular formula is C14H16BrNO2. The highest BCUT2D eigenvalue weighted by Gasteiger charge is 2.04. The Morgan fingerprint density at radius 3 is 2.67 bits per heavy atom. The molecule has 0 fully saturated rings. The van der Waals surface area contributed by atoms with E-state index < -0.39 is 0 Å². The molecule has 4 heteroatoms. The molecule has 0 spiro atoms. The summed E-state index contributed by atoms with van der Waals surface area (Å²) in [6.07, 6.45) is 1.82. The van der Waals surface area contributed by atoms with E-state index in [0.717, 1.165) is 34.6 Å². The first-order valence-electron chi connectivity index (χ1n) is 5.94. The molecule has 1 aromatic heterocycles. The first-order valence-corrected chi connectivity index (χ1v) is 6.74. The van der Waals surface area contributed by atoms with Crippen molar-refractivity contribution >= 4 is 15.9 Å². The lowest BCUT2D eigenvalue weighted by atomic mass is 10.2. The van der Waals surface area contributed by atoms with Crippen LogP contribution in [0.15, 0.2) is 45.3 Å². The van der Waals surface area contributed by atoms with Gasteiger partial charge in [-0.25, -0.2) is 0 Å². The minimum Gasteiger partial charge on any atom is -0.484 e. The number of para-hydroxylation sites is 1. The molecule has 96 valence electrons. The van der Waals surface area contributed by atoms with Crippen molar-refractivity contribution < 1.29 is 9.15 Å². The van der Waals surface area contributed by atoms with Gasteiger partial charge in [0.2, 0.25) is 0 Å². The molecule has 0 atom stereocenters. The van der Waals surface area contributed by atoms with Crippen LogP contribution in [-0.2, 0) is 13.0 Å². The molecule has 0 unspecified atom stereocenters. The zero-order valence-electron chi connectivity index (χ0n) is 10.1. The summed E-state index contributed by atoms with van der Waals surface area (Å²) in [4.78, 5) is 0. The van der Waals surface area contributed by atoms with E-state index in [1.165, 1.54) is 0 Å². The lowest BCUT2D eigenvalue weighted by Crippen LogP contribution is -1.99. The lowest BCUT2D eigenvalue weighted by molar-refractivity contribution is 0.264. The molecule has 2 N–H and O–H groups in total. The van der Waals surface area contributed by atoms with Crippen molar-refractivity contribution in [3.05, 3.63) is 52.4 Å². The Bertz CT molecular complexity index is 496. The smallest absolute Gasteiger partial charge is 0.146 e. The maximum atomic E-state index is 5.68. The largest absolute Gasteiger partial charge is 0.484 e. The number of benzene rings is 1. The second-order valence-electron chi connectivity index (χ2n) is 3.98. The Morgan fingerprint density at radius 1 is 1.11 bits per heavy atom. The molecule has 18 heavy (non-hydrogen) atoms. The second kappa shape index (κ2) is 6.61. The van der Waals surface area contributed by atoms with E-state index >= 15 is 0 Å². The zero-order chi connectivity index (χ0) is 12.8. The first kappa shape index (κ1) is 13.2. The molecule has 0 amide bonds. The summed E-state index contributed by atoms with van der Waals surface area (Å²) < 4.78 is 12.3. The van der Waals surface area contributed by atoms with E-state index in [-0.39, 0.29) is 0 Å². The lowest BCUT2D eigenvalue weighted by Gasteiger charge is -2.05. The van der Waals surface area contributed by atoms with E-state index in [1.54, 1.807) is 0 Å². The molecule has 0 radical (unpaired) electrons. The zero-order valence-corrected chi connectivity index (χ0v) is 11.7. The molecule has 0 saturated heterocycles. The fourth-order valence-electron chi connectivity index (χ4n) is 1.62. The fraction of sp³-hybridized carbons (Fsp3) is 0.286. The third-order valence-corrected chi connectivity index (χ3v) is 3.21. The summed E-state index contributed by atoms with van der Waals surface area (Å²) >= 11 is 3.44. The monoisotopic (exact) mass is 309 g/mol. The van der Waals surface area contributed by atoms with Crippen LogP contribution in [-0.4, -0.2) is 6.54 Å². The van der Waals surface area contributed by atoms with Crippen LogP contribution >= 0.6 is 15.9 Å². The number of nitrogens with two attached hydrogens (primary N) is 1. The molecule has 0 aliphatic carbocycles.